The van der Waals surface area contributed by atoms with Crippen molar-refractivity contribution in [3.8, 4) is 5.75 Å². The Morgan fingerprint density at radius 3 is 1.89 bits per heavy atom. The molecule has 1 atom stereocenters. The third-order valence-corrected chi connectivity index (χ3v) is 11.6. The summed E-state index contributed by atoms with van der Waals surface area (Å²) >= 11 is 3.01. The summed E-state index contributed by atoms with van der Waals surface area (Å²) in [5.41, 5.74) is 0.0821. The van der Waals surface area contributed by atoms with Gasteiger partial charge >= 0.3 is 0 Å². The molecule has 0 saturated carbocycles. The van der Waals surface area contributed by atoms with Gasteiger partial charge in [0, 0.05) is 11.8 Å². The van der Waals surface area contributed by atoms with E-state index in [2.05, 4.69) is 90.5 Å². The molecule has 3 rings (SSSR count). The topological polar surface area (TPSA) is 42.4 Å². The molecule has 0 amide bonds. The van der Waals surface area contributed by atoms with E-state index in [-0.39, 0.29) is 5.04 Å². The van der Waals surface area contributed by atoms with Crippen molar-refractivity contribution in [2.24, 2.45) is 0 Å². The Morgan fingerprint density at radius 2 is 1.44 bits per heavy atom. The molecule has 0 spiro atoms. The van der Waals surface area contributed by atoms with E-state index in [1.165, 1.54) is 10.4 Å². The van der Waals surface area contributed by atoms with Crippen LogP contribution < -0.4 is 14.2 Å². The summed E-state index contributed by atoms with van der Waals surface area (Å²) in [5.74, 6) is 0.574. The molecule has 0 saturated heterocycles. The van der Waals surface area contributed by atoms with Crippen LogP contribution in [0.4, 0.5) is 0 Å². The Hall–Kier alpha value is -1.95. The maximum atomic E-state index is 11.8. The molecule has 2 aromatic carbocycles. The molecule has 1 unspecified atom stereocenters. The molecule has 0 bridgehead atoms. The van der Waals surface area contributed by atoms with Gasteiger partial charge in [0.1, 0.15) is 0 Å². The van der Waals surface area contributed by atoms with Crippen molar-refractivity contribution < 1.29 is 8.93 Å². The number of hydrogen-bond acceptors (Lipinski definition) is 3. The van der Waals surface area contributed by atoms with Gasteiger partial charge < -0.3 is 8.93 Å². The van der Waals surface area contributed by atoms with Crippen LogP contribution in [0, 0.1) is 0 Å². The zero-order valence-corrected chi connectivity index (χ0v) is 18.3. The SMILES string of the molecule is CC(C)(C)[Si](c1ccccc1)(c1ccccc1)C(O)c1cncc(OBr)c1. The van der Waals surface area contributed by atoms with Crippen LogP contribution >= 0.6 is 16.3 Å². The number of hydrogen-bond donors (Lipinski definition) is 1. The number of pyridine rings is 1. The van der Waals surface area contributed by atoms with Gasteiger partial charge in [-0.05, 0) is 11.1 Å². The lowest BCUT2D eigenvalue weighted by Crippen LogP contribution is -2.68. The highest BCUT2D eigenvalue weighted by atomic mass is 79.9. The van der Waals surface area contributed by atoms with Crippen molar-refractivity contribution in [3.05, 3.63) is 84.7 Å². The molecular formula is C22H24BrNO2Si. The zero-order valence-electron chi connectivity index (χ0n) is 15.8. The van der Waals surface area contributed by atoms with E-state index in [0.29, 0.717) is 5.75 Å². The average Bonchev–Trinajstić information content (AvgIpc) is 2.69. The summed E-state index contributed by atoms with van der Waals surface area (Å²) in [6.45, 7) is 6.67. The molecule has 0 aliphatic carbocycles. The van der Waals surface area contributed by atoms with E-state index in [1.807, 2.05) is 18.2 Å². The lowest BCUT2D eigenvalue weighted by molar-refractivity contribution is 0.245. The maximum Gasteiger partial charge on any atom is 0.179 e. The summed E-state index contributed by atoms with van der Waals surface area (Å²) in [7, 11) is -2.68. The highest BCUT2D eigenvalue weighted by molar-refractivity contribution is 9.06. The first-order valence-electron chi connectivity index (χ1n) is 8.94. The van der Waals surface area contributed by atoms with Crippen LogP contribution in [0.2, 0.25) is 5.04 Å². The fourth-order valence-electron chi connectivity index (χ4n) is 4.04. The van der Waals surface area contributed by atoms with Gasteiger partial charge in [-0.1, -0.05) is 91.8 Å². The number of rotatable bonds is 5. The maximum absolute atomic E-state index is 11.8. The van der Waals surface area contributed by atoms with Crippen LogP contribution in [0.15, 0.2) is 79.1 Å². The highest BCUT2D eigenvalue weighted by Crippen LogP contribution is 2.43. The minimum Gasteiger partial charge on any atom is -0.416 e. The van der Waals surface area contributed by atoms with Crippen molar-refractivity contribution in [1.29, 1.82) is 0 Å². The minimum atomic E-state index is -2.68. The number of aliphatic hydroxyl groups excluding tert-OH is 1. The van der Waals surface area contributed by atoms with Crippen LogP contribution in [0.1, 0.15) is 32.1 Å². The Bertz CT molecular complexity index is 842. The smallest absolute Gasteiger partial charge is 0.179 e. The fourth-order valence-corrected chi connectivity index (χ4v) is 9.83. The van der Waals surface area contributed by atoms with Crippen LogP contribution in [0.3, 0.4) is 0 Å². The third-order valence-electron chi connectivity index (χ3n) is 5.19. The molecule has 3 nitrogen and oxygen atoms in total. The second-order valence-corrected chi connectivity index (χ2v) is 12.9. The van der Waals surface area contributed by atoms with Crippen LogP contribution in [0.25, 0.3) is 0 Å². The molecule has 140 valence electrons. The van der Waals surface area contributed by atoms with Gasteiger partial charge in [0.05, 0.1) is 11.9 Å². The van der Waals surface area contributed by atoms with Gasteiger partial charge in [0.15, 0.2) is 30.1 Å². The van der Waals surface area contributed by atoms with E-state index in [9.17, 15) is 5.11 Å². The number of benzene rings is 2. The van der Waals surface area contributed by atoms with Crippen molar-refractivity contribution in [2.75, 3.05) is 0 Å². The molecule has 0 fully saturated rings. The summed E-state index contributed by atoms with van der Waals surface area (Å²) in [6, 6.07) is 22.7. The lowest BCUT2D eigenvalue weighted by atomic mass is 10.2. The molecule has 1 N–H and O–H groups in total. The van der Waals surface area contributed by atoms with Crippen LogP contribution in [-0.4, -0.2) is 18.2 Å². The van der Waals surface area contributed by atoms with Crippen molar-refractivity contribution >= 4 is 34.7 Å². The fraction of sp³-hybridized carbons (Fsp3) is 0.227. The first-order chi connectivity index (χ1) is 12.9. The van der Waals surface area contributed by atoms with E-state index in [1.54, 1.807) is 12.4 Å². The highest BCUT2D eigenvalue weighted by Gasteiger charge is 2.53. The molecule has 5 heteroatoms. The first kappa shape index (κ1) is 19.8. The largest absolute Gasteiger partial charge is 0.416 e. The van der Waals surface area contributed by atoms with Crippen LogP contribution in [0.5, 0.6) is 5.75 Å². The molecule has 1 aromatic heterocycles. The van der Waals surface area contributed by atoms with Crippen LogP contribution in [-0.2, 0) is 0 Å². The van der Waals surface area contributed by atoms with Crippen molar-refractivity contribution in [2.45, 2.75) is 31.5 Å². The monoisotopic (exact) mass is 441 g/mol. The van der Waals surface area contributed by atoms with E-state index < -0.39 is 13.8 Å². The standard InChI is InChI=1S/C22H24BrNO2Si/c1-22(2,3)27(19-10-6-4-7-11-19,20-12-8-5-9-13-20)21(25)17-14-18(26-23)16-24-15-17/h4-16,21,25H,1-3H3. The summed E-state index contributed by atoms with van der Waals surface area (Å²) < 4.78 is 5.17. The molecule has 0 radical (unpaired) electrons. The molecule has 27 heavy (non-hydrogen) atoms. The van der Waals surface area contributed by atoms with E-state index in [0.717, 1.165) is 5.56 Å². The lowest BCUT2D eigenvalue weighted by Gasteiger charge is -2.47. The first-order valence-corrected chi connectivity index (χ1v) is 11.7. The summed E-state index contributed by atoms with van der Waals surface area (Å²) in [5, 5.41) is 14.1. The Kier molecular flexibility index (Phi) is 5.84. The van der Waals surface area contributed by atoms with Crippen molar-refractivity contribution in [1.82, 2.24) is 4.98 Å². The Morgan fingerprint density at radius 1 is 0.926 bits per heavy atom. The van der Waals surface area contributed by atoms with Crippen molar-refractivity contribution in [3.63, 3.8) is 0 Å². The van der Waals surface area contributed by atoms with Gasteiger partial charge in [-0.3, -0.25) is 4.98 Å². The molecule has 0 aliphatic rings. The Labute approximate surface area is 170 Å². The predicted molar refractivity (Wildman–Crippen MR) is 116 cm³/mol. The second kappa shape index (κ2) is 7.96. The summed E-state index contributed by atoms with van der Waals surface area (Å²) in [4.78, 5) is 4.27. The molecule has 1 heterocycles. The molecule has 0 aliphatic heterocycles. The quantitative estimate of drug-likeness (QED) is 0.596. The zero-order chi connectivity index (χ0) is 19.5. The molecule has 3 aromatic rings. The van der Waals surface area contributed by atoms with Gasteiger partial charge in [-0.2, -0.15) is 0 Å². The molecular weight excluding hydrogens is 418 g/mol. The number of aliphatic hydroxyl groups is 1. The van der Waals surface area contributed by atoms with E-state index >= 15 is 0 Å². The minimum absolute atomic E-state index is 0.152. The van der Waals surface area contributed by atoms with E-state index in [4.69, 9.17) is 3.83 Å². The normalized spacial score (nSPS) is 13.2. The second-order valence-electron chi connectivity index (χ2n) is 7.72. The van der Waals surface area contributed by atoms with Gasteiger partial charge in [0.2, 0.25) is 0 Å². The van der Waals surface area contributed by atoms with Gasteiger partial charge in [0.25, 0.3) is 0 Å². The predicted octanol–water partition coefficient (Wildman–Crippen LogP) is 4.41. The average molecular weight is 442 g/mol. The van der Waals surface area contributed by atoms with Gasteiger partial charge in [-0.25, -0.2) is 0 Å². The number of nitrogens with zero attached hydrogens (tertiary/aromatic N) is 1. The number of halogens is 1. The Balaban J connectivity index is 2.32. The van der Waals surface area contributed by atoms with Gasteiger partial charge in [-0.15, -0.1) is 0 Å². The number of aromatic nitrogens is 1. The third kappa shape index (κ3) is 3.59. The summed E-state index contributed by atoms with van der Waals surface area (Å²) in [6.07, 6.45) is 3.36.